The van der Waals surface area contributed by atoms with Gasteiger partial charge >= 0.3 is 0 Å². The van der Waals surface area contributed by atoms with Gasteiger partial charge in [-0.2, -0.15) is 0 Å². The molecule has 1 fully saturated rings. The molecule has 2 heterocycles. The zero-order valence-electron chi connectivity index (χ0n) is 10.4. The summed E-state index contributed by atoms with van der Waals surface area (Å²) in [6.45, 7) is 2.91. The Labute approximate surface area is 107 Å². The Morgan fingerprint density at radius 3 is 3.06 bits per heavy atom. The Hall–Kier alpha value is -1.05. The first-order chi connectivity index (χ1) is 8.55. The predicted octanol–water partition coefficient (Wildman–Crippen LogP) is -0.0436. The van der Waals surface area contributed by atoms with Crippen molar-refractivity contribution in [1.82, 2.24) is 20.0 Å². The fourth-order valence-electron chi connectivity index (χ4n) is 2.01. The molecule has 7 heteroatoms. The SMILES string of the molecule is Cc1nccc(CNS(=O)(=O)CC2CCCN2)n1. The number of nitrogens with zero attached hydrogens (tertiary/aromatic N) is 2. The molecule has 100 valence electrons. The molecule has 1 atom stereocenters. The Kier molecular flexibility index (Phi) is 4.26. The van der Waals surface area contributed by atoms with Gasteiger partial charge in [0.1, 0.15) is 5.82 Å². The number of aromatic nitrogens is 2. The summed E-state index contributed by atoms with van der Waals surface area (Å²) in [5, 5.41) is 3.18. The Bertz CT molecular complexity index is 498. The van der Waals surface area contributed by atoms with Crippen molar-refractivity contribution in [2.45, 2.75) is 32.4 Å². The molecular weight excluding hydrogens is 252 g/mol. The van der Waals surface area contributed by atoms with Crippen LogP contribution in [0.25, 0.3) is 0 Å². The van der Waals surface area contributed by atoms with E-state index in [9.17, 15) is 8.42 Å². The van der Waals surface area contributed by atoms with E-state index in [0.29, 0.717) is 11.5 Å². The van der Waals surface area contributed by atoms with Gasteiger partial charge in [0.2, 0.25) is 10.0 Å². The summed E-state index contributed by atoms with van der Waals surface area (Å²) in [6.07, 6.45) is 3.60. The lowest BCUT2D eigenvalue weighted by Gasteiger charge is -2.11. The summed E-state index contributed by atoms with van der Waals surface area (Å²) in [4.78, 5) is 8.12. The van der Waals surface area contributed by atoms with E-state index in [1.54, 1.807) is 19.2 Å². The standard InChI is InChI=1S/C11H18N4O2S/c1-9-12-6-4-10(15-9)7-14-18(16,17)8-11-3-2-5-13-11/h4,6,11,13-14H,2-3,5,7-8H2,1H3. The molecular formula is C11H18N4O2S. The van der Waals surface area contributed by atoms with E-state index in [4.69, 9.17) is 0 Å². The smallest absolute Gasteiger partial charge is 0.213 e. The Balaban J connectivity index is 1.88. The second kappa shape index (κ2) is 5.73. The highest BCUT2D eigenvalue weighted by Crippen LogP contribution is 2.07. The van der Waals surface area contributed by atoms with Crippen LogP contribution in [0.2, 0.25) is 0 Å². The van der Waals surface area contributed by atoms with Crippen molar-refractivity contribution in [1.29, 1.82) is 0 Å². The number of rotatable bonds is 5. The number of nitrogens with one attached hydrogen (secondary N) is 2. The number of aryl methyl sites for hydroxylation is 1. The molecule has 1 aromatic heterocycles. The molecule has 0 aromatic carbocycles. The lowest BCUT2D eigenvalue weighted by Crippen LogP contribution is -2.36. The van der Waals surface area contributed by atoms with E-state index in [0.717, 1.165) is 19.4 Å². The van der Waals surface area contributed by atoms with Crippen LogP contribution in [0, 0.1) is 6.92 Å². The third-order valence-electron chi connectivity index (χ3n) is 2.89. The molecule has 1 unspecified atom stereocenters. The fraction of sp³-hybridized carbons (Fsp3) is 0.636. The second-order valence-corrected chi connectivity index (χ2v) is 6.34. The Morgan fingerprint density at radius 2 is 2.39 bits per heavy atom. The normalized spacial score (nSPS) is 20.2. The minimum atomic E-state index is -3.25. The largest absolute Gasteiger partial charge is 0.313 e. The van der Waals surface area contributed by atoms with Crippen molar-refractivity contribution in [2.24, 2.45) is 0 Å². The summed E-state index contributed by atoms with van der Waals surface area (Å²) in [6, 6.07) is 1.79. The van der Waals surface area contributed by atoms with Crippen molar-refractivity contribution in [3.8, 4) is 0 Å². The molecule has 0 amide bonds. The molecule has 1 saturated heterocycles. The average molecular weight is 270 g/mol. The van der Waals surface area contributed by atoms with Crippen LogP contribution in [0.5, 0.6) is 0 Å². The molecule has 0 saturated carbocycles. The van der Waals surface area contributed by atoms with Crippen molar-refractivity contribution >= 4 is 10.0 Å². The van der Waals surface area contributed by atoms with Crippen LogP contribution in [0.3, 0.4) is 0 Å². The van der Waals surface area contributed by atoms with E-state index in [1.807, 2.05) is 0 Å². The molecule has 0 spiro atoms. The van der Waals surface area contributed by atoms with E-state index in [2.05, 4.69) is 20.0 Å². The zero-order valence-corrected chi connectivity index (χ0v) is 11.2. The maximum atomic E-state index is 11.9. The van der Waals surface area contributed by atoms with Crippen molar-refractivity contribution in [3.63, 3.8) is 0 Å². The molecule has 6 nitrogen and oxygen atoms in total. The van der Waals surface area contributed by atoms with Crippen molar-refractivity contribution < 1.29 is 8.42 Å². The lowest BCUT2D eigenvalue weighted by molar-refractivity contribution is 0.562. The molecule has 1 aliphatic rings. The monoisotopic (exact) mass is 270 g/mol. The maximum Gasteiger partial charge on any atom is 0.213 e. The summed E-state index contributed by atoms with van der Waals surface area (Å²) in [5.74, 6) is 0.779. The van der Waals surface area contributed by atoms with Gasteiger partial charge in [-0.25, -0.2) is 23.1 Å². The Morgan fingerprint density at radius 1 is 1.56 bits per heavy atom. The molecule has 18 heavy (non-hydrogen) atoms. The van der Waals surface area contributed by atoms with Gasteiger partial charge in [-0.05, 0) is 32.4 Å². The topological polar surface area (TPSA) is 84.0 Å². The van der Waals surface area contributed by atoms with E-state index < -0.39 is 10.0 Å². The number of hydrogen-bond donors (Lipinski definition) is 2. The highest BCUT2D eigenvalue weighted by molar-refractivity contribution is 7.89. The third kappa shape index (κ3) is 4.01. The van der Waals surface area contributed by atoms with E-state index in [-0.39, 0.29) is 18.3 Å². The van der Waals surface area contributed by atoms with Gasteiger partial charge in [0.15, 0.2) is 0 Å². The molecule has 2 rings (SSSR count). The van der Waals surface area contributed by atoms with Crippen LogP contribution in [-0.2, 0) is 16.6 Å². The summed E-state index contributed by atoms with van der Waals surface area (Å²) < 4.78 is 26.3. The second-order valence-electron chi connectivity index (χ2n) is 4.49. The molecule has 0 radical (unpaired) electrons. The molecule has 2 N–H and O–H groups in total. The van der Waals surface area contributed by atoms with Gasteiger partial charge in [-0.1, -0.05) is 0 Å². The minimum absolute atomic E-state index is 0.0784. The van der Waals surface area contributed by atoms with Crippen LogP contribution in [0.1, 0.15) is 24.4 Å². The van der Waals surface area contributed by atoms with Gasteiger partial charge < -0.3 is 5.32 Å². The van der Waals surface area contributed by atoms with Gasteiger partial charge in [-0.15, -0.1) is 0 Å². The van der Waals surface area contributed by atoms with Gasteiger partial charge in [0.05, 0.1) is 18.0 Å². The predicted molar refractivity (Wildman–Crippen MR) is 68.4 cm³/mol. The molecule has 1 aliphatic heterocycles. The summed E-state index contributed by atoms with van der Waals surface area (Å²) in [7, 11) is -3.25. The maximum absolute atomic E-state index is 11.9. The first-order valence-electron chi connectivity index (χ1n) is 6.04. The van der Waals surface area contributed by atoms with Gasteiger partial charge in [0.25, 0.3) is 0 Å². The van der Waals surface area contributed by atoms with Crippen LogP contribution in [0.15, 0.2) is 12.3 Å². The summed E-state index contributed by atoms with van der Waals surface area (Å²) in [5.41, 5.74) is 0.686. The number of hydrogen-bond acceptors (Lipinski definition) is 5. The van der Waals surface area contributed by atoms with E-state index in [1.165, 1.54) is 0 Å². The van der Waals surface area contributed by atoms with Gasteiger partial charge in [-0.3, -0.25) is 0 Å². The van der Waals surface area contributed by atoms with Crippen LogP contribution in [0.4, 0.5) is 0 Å². The first kappa shape index (κ1) is 13.4. The van der Waals surface area contributed by atoms with Crippen molar-refractivity contribution in [3.05, 3.63) is 23.8 Å². The van der Waals surface area contributed by atoms with Crippen LogP contribution in [-0.4, -0.2) is 36.7 Å². The highest BCUT2D eigenvalue weighted by atomic mass is 32.2. The van der Waals surface area contributed by atoms with E-state index >= 15 is 0 Å². The minimum Gasteiger partial charge on any atom is -0.313 e. The van der Waals surface area contributed by atoms with Crippen LogP contribution < -0.4 is 10.0 Å². The summed E-state index contributed by atoms with van der Waals surface area (Å²) >= 11 is 0. The number of sulfonamides is 1. The van der Waals surface area contributed by atoms with Gasteiger partial charge in [0, 0.05) is 12.2 Å². The lowest BCUT2D eigenvalue weighted by atomic mass is 10.3. The fourth-order valence-corrected chi connectivity index (χ4v) is 3.31. The molecule has 0 bridgehead atoms. The first-order valence-corrected chi connectivity index (χ1v) is 7.70. The zero-order chi connectivity index (χ0) is 13.0. The molecule has 1 aromatic rings. The average Bonchev–Trinajstić information content (AvgIpc) is 2.79. The highest BCUT2D eigenvalue weighted by Gasteiger charge is 2.21. The quantitative estimate of drug-likeness (QED) is 0.784. The third-order valence-corrected chi connectivity index (χ3v) is 4.32. The van der Waals surface area contributed by atoms with Crippen LogP contribution >= 0.6 is 0 Å². The van der Waals surface area contributed by atoms with Crippen molar-refractivity contribution in [2.75, 3.05) is 12.3 Å². The molecule has 0 aliphatic carbocycles.